The van der Waals surface area contributed by atoms with Crippen LogP contribution in [0.15, 0.2) is 40.8 Å². The summed E-state index contributed by atoms with van der Waals surface area (Å²) in [5.74, 6) is 2.66. The van der Waals surface area contributed by atoms with Gasteiger partial charge in [0.05, 0.1) is 6.54 Å². The Bertz CT molecular complexity index is 859. The van der Waals surface area contributed by atoms with Gasteiger partial charge in [0.25, 0.3) is 0 Å². The maximum absolute atomic E-state index is 12.5. The highest BCUT2D eigenvalue weighted by molar-refractivity contribution is 5.78. The fourth-order valence-electron chi connectivity index (χ4n) is 5.35. The van der Waals surface area contributed by atoms with Crippen LogP contribution < -0.4 is 5.32 Å². The lowest BCUT2D eigenvalue weighted by Crippen LogP contribution is -2.41. The van der Waals surface area contributed by atoms with Crippen LogP contribution in [-0.2, 0) is 16.8 Å². The van der Waals surface area contributed by atoms with Crippen LogP contribution in [0.2, 0.25) is 0 Å². The molecule has 1 amide bonds. The van der Waals surface area contributed by atoms with Crippen molar-refractivity contribution in [2.45, 2.75) is 69.4 Å². The highest BCUT2D eigenvalue weighted by Gasteiger charge is 2.45. The smallest absolute Gasteiger partial charge is 0.220 e. The summed E-state index contributed by atoms with van der Waals surface area (Å²) in [4.78, 5) is 15.0. The van der Waals surface area contributed by atoms with Crippen LogP contribution in [0.3, 0.4) is 0 Å². The fourth-order valence-corrected chi connectivity index (χ4v) is 5.35. The second kappa shape index (κ2) is 7.07. The van der Waals surface area contributed by atoms with E-state index in [9.17, 15) is 4.79 Å². The molecule has 1 aromatic carbocycles. The van der Waals surface area contributed by atoms with E-state index in [1.54, 1.807) is 0 Å². The summed E-state index contributed by atoms with van der Waals surface area (Å²) in [6.45, 7) is 5.09. The molecule has 1 spiro atoms. The van der Waals surface area contributed by atoms with E-state index in [1.165, 1.54) is 24.0 Å². The number of furan rings is 1. The number of fused-ring (bicyclic) bond motifs is 2. The quantitative estimate of drug-likeness (QED) is 0.845. The van der Waals surface area contributed by atoms with E-state index in [1.807, 2.05) is 13.0 Å². The van der Waals surface area contributed by atoms with E-state index in [0.29, 0.717) is 18.4 Å². The van der Waals surface area contributed by atoms with E-state index >= 15 is 0 Å². The molecule has 4 heteroatoms. The van der Waals surface area contributed by atoms with Crippen LogP contribution in [0.25, 0.3) is 0 Å². The van der Waals surface area contributed by atoms with E-state index in [-0.39, 0.29) is 11.3 Å². The molecule has 1 saturated carbocycles. The number of aryl methyl sites for hydroxylation is 1. The maximum Gasteiger partial charge on any atom is 0.220 e. The second-order valence-electron chi connectivity index (χ2n) is 9.10. The third kappa shape index (κ3) is 3.50. The molecule has 1 saturated heterocycles. The Morgan fingerprint density at radius 3 is 2.68 bits per heavy atom. The van der Waals surface area contributed by atoms with Crippen LogP contribution in [0.5, 0.6) is 0 Å². The highest BCUT2D eigenvalue weighted by Crippen LogP contribution is 2.52. The molecule has 0 bridgehead atoms. The lowest BCUT2D eigenvalue weighted by Gasteiger charge is -2.40. The van der Waals surface area contributed by atoms with Crippen LogP contribution in [0.1, 0.15) is 67.1 Å². The van der Waals surface area contributed by atoms with Crippen LogP contribution >= 0.6 is 0 Å². The van der Waals surface area contributed by atoms with Crippen molar-refractivity contribution in [2.24, 2.45) is 0 Å². The molecule has 28 heavy (non-hydrogen) atoms. The number of nitrogens with one attached hydrogen (secondary N) is 1. The second-order valence-corrected chi connectivity index (χ2v) is 9.10. The van der Waals surface area contributed by atoms with Crippen LogP contribution in [0, 0.1) is 6.92 Å². The van der Waals surface area contributed by atoms with Gasteiger partial charge < -0.3 is 9.73 Å². The van der Waals surface area contributed by atoms with Crippen molar-refractivity contribution in [3.63, 3.8) is 0 Å². The minimum Gasteiger partial charge on any atom is -0.465 e. The number of rotatable bonds is 5. The van der Waals surface area contributed by atoms with Crippen molar-refractivity contribution in [2.75, 3.05) is 13.1 Å². The Hall–Kier alpha value is -2.07. The molecule has 2 aromatic rings. The van der Waals surface area contributed by atoms with Gasteiger partial charge in [-0.2, -0.15) is 0 Å². The number of hydrogen-bond donors (Lipinski definition) is 1. The zero-order valence-corrected chi connectivity index (χ0v) is 16.7. The Labute approximate surface area is 167 Å². The number of piperidine rings is 1. The number of carbonyl (C=O) groups is 1. The number of carbonyl (C=O) groups excluding carboxylic acids is 1. The average molecular weight is 379 g/mol. The summed E-state index contributed by atoms with van der Waals surface area (Å²) in [7, 11) is 0. The Morgan fingerprint density at radius 1 is 1.18 bits per heavy atom. The summed E-state index contributed by atoms with van der Waals surface area (Å²) < 4.78 is 5.77. The standard InChI is InChI=1S/C24H30N2O2/c1-17-6-9-20(28-17)16-26-12-10-24(11-13-26)15-18(14-23(27)25-19-7-8-19)21-4-2-3-5-22(21)24/h2-6,9,18-19H,7-8,10-16H2,1H3,(H,25,27)/t18-/m0/s1. The maximum atomic E-state index is 12.5. The van der Waals surface area contributed by atoms with Gasteiger partial charge in [-0.15, -0.1) is 0 Å². The third-order valence-electron chi connectivity index (χ3n) is 6.97. The number of likely N-dealkylation sites (tertiary alicyclic amines) is 1. The van der Waals surface area contributed by atoms with E-state index in [4.69, 9.17) is 4.42 Å². The number of amides is 1. The van der Waals surface area contributed by atoms with E-state index in [0.717, 1.165) is 50.4 Å². The molecule has 0 unspecified atom stereocenters. The van der Waals surface area contributed by atoms with Gasteiger partial charge in [0.1, 0.15) is 11.5 Å². The van der Waals surface area contributed by atoms with Crippen molar-refractivity contribution in [3.8, 4) is 0 Å². The van der Waals surface area contributed by atoms with Gasteiger partial charge in [-0.05, 0) is 86.7 Å². The largest absolute Gasteiger partial charge is 0.465 e. The SMILES string of the molecule is Cc1ccc(CN2CCC3(CC2)C[C@H](CC(=O)NC2CC2)c2ccccc23)o1. The lowest BCUT2D eigenvalue weighted by atomic mass is 9.73. The molecule has 1 aliphatic heterocycles. The number of nitrogens with zero attached hydrogens (tertiary/aromatic N) is 1. The van der Waals surface area contributed by atoms with Gasteiger partial charge in [0, 0.05) is 12.5 Å². The molecule has 2 fully saturated rings. The van der Waals surface area contributed by atoms with Crippen LogP contribution in [0.4, 0.5) is 0 Å². The Balaban J connectivity index is 1.28. The zero-order chi connectivity index (χ0) is 19.1. The van der Waals surface area contributed by atoms with E-state index in [2.05, 4.69) is 40.5 Å². The molecule has 4 nitrogen and oxygen atoms in total. The van der Waals surface area contributed by atoms with Gasteiger partial charge >= 0.3 is 0 Å². The number of hydrogen-bond acceptors (Lipinski definition) is 3. The fraction of sp³-hybridized carbons (Fsp3) is 0.542. The topological polar surface area (TPSA) is 45.5 Å². The van der Waals surface area contributed by atoms with Gasteiger partial charge in [0.15, 0.2) is 0 Å². The zero-order valence-electron chi connectivity index (χ0n) is 16.7. The van der Waals surface area contributed by atoms with Crippen molar-refractivity contribution < 1.29 is 9.21 Å². The minimum atomic E-state index is 0.241. The third-order valence-corrected chi connectivity index (χ3v) is 6.97. The van der Waals surface area contributed by atoms with Crippen molar-refractivity contribution in [1.29, 1.82) is 0 Å². The molecular weight excluding hydrogens is 348 g/mol. The molecule has 1 N–H and O–H groups in total. The first-order valence-corrected chi connectivity index (χ1v) is 10.8. The molecule has 1 aromatic heterocycles. The first kappa shape index (κ1) is 18.0. The Morgan fingerprint density at radius 2 is 1.96 bits per heavy atom. The summed E-state index contributed by atoms with van der Waals surface area (Å²) >= 11 is 0. The summed E-state index contributed by atoms with van der Waals surface area (Å²) in [5, 5.41) is 3.18. The molecule has 0 radical (unpaired) electrons. The average Bonchev–Trinajstić information content (AvgIpc) is 3.33. The molecular formula is C24H30N2O2. The van der Waals surface area contributed by atoms with Gasteiger partial charge in [-0.25, -0.2) is 0 Å². The van der Waals surface area contributed by atoms with Gasteiger partial charge in [0.2, 0.25) is 5.91 Å². The monoisotopic (exact) mass is 378 g/mol. The summed E-state index contributed by atoms with van der Waals surface area (Å²) in [6, 6.07) is 13.5. The van der Waals surface area contributed by atoms with Gasteiger partial charge in [-0.1, -0.05) is 24.3 Å². The van der Waals surface area contributed by atoms with Crippen LogP contribution in [-0.4, -0.2) is 29.9 Å². The molecule has 1 atom stereocenters. The molecule has 148 valence electrons. The predicted octanol–water partition coefficient (Wildman–Crippen LogP) is 4.28. The molecule has 5 rings (SSSR count). The minimum absolute atomic E-state index is 0.241. The van der Waals surface area contributed by atoms with Crippen molar-refractivity contribution >= 4 is 5.91 Å². The first-order chi connectivity index (χ1) is 13.6. The van der Waals surface area contributed by atoms with Gasteiger partial charge in [-0.3, -0.25) is 9.69 Å². The molecule has 2 aliphatic carbocycles. The summed E-state index contributed by atoms with van der Waals surface area (Å²) in [5.41, 5.74) is 3.17. The molecule has 2 heterocycles. The predicted molar refractivity (Wildman–Crippen MR) is 109 cm³/mol. The molecule has 3 aliphatic rings. The van der Waals surface area contributed by atoms with Crippen molar-refractivity contribution in [1.82, 2.24) is 10.2 Å². The summed E-state index contributed by atoms with van der Waals surface area (Å²) in [6.07, 6.45) is 6.42. The lowest BCUT2D eigenvalue weighted by molar-refractivity contribution is -0.121. The Kier molecular flexibility index (Phi) is 4.54. The highest BCUT2D eigenvalue weighted by atomic mass is 16.3. The first-order valence-electron chi connectivity index (χ1n) is 10.8. The van der Waals surface area contributed by atoms with E-state index < -0.39 is 0 Å². The van der Waals surface area contributed by atoms with Crippen molar-refractivity contribution in [3.05, 3.63) is 59.0 Å². The normalized spacial score (nSPS) is 23.7. The number of benzene rings is 1.